The predicted octanol–water partition coefficient (Wildman–Crippen LogP) is 4.39. The molecule has 1 aromatic carbocycles. The first-order valence-electron chi connectivity index (χ1n) is 9.06. The number of alkyl halides is 2. The minimum absolute atomic E-state index is 0.0911. The third kappa shape index (κ3) is 4.73. The number of nitrogens with one attached hydrogen (secondary N) is 1. The molecule has 0 bridgehead atoms. The van der Waals surface area contributed by atoms with E-state index in [9.17, 15) is 17.2 Å². The zero-order valence-electron chi connectivity index (χ0n) is 15.7. The van der Waals surface area contributed by atoms with Gasteiger partial charge < -0.3 is 9.47 Å². The highest BCUT2D eigenvalue weighted by molar-refractivity contribution is 7.90. The monoisotopic (exact) mass is 411 g/mol. The fourth-order valence-corrected chi connectivity index (χ4v) is 3.90. The lowest BCUT2D eigenvalue weighted by atomic mass is 10.00. The second-order valence-corrected chi connectivity index (χ2v) is 9.14. The maximum absolute atomic E-state index is 12.5. The Balaban J connectivity index is 1.68. The minimum Gasteiger partial charge on any atom is -0.489 e. The maximum atomic E-state index is 12.5. The molecule has 0 unspecified atom stereocenters. The first kappa shape index (κ1) is 20.4. The van der Waals surface area contributed by atoms with Gasteiger partial charge in [-0.15, -0.1) is 0 Å². The fraction of sp³-hybridized carbons (Fsp3) is 0.400. The van der Waals surface area contributed by atoms with E-state index in [0.29, 0.717) is 24.2 Å². The highest BCUT2D eigenvalue weighted by Crippen LogP contribution is 2.37. The topological polar surface area (TPSA) is 64.6 Å². The summed E-state index contributed by atoms with van der Waals surface area (Å²) in [5.74, 6) is 0.729. The number of halogens is 2. The SMILES string of the molecule is CC(C)S(=O)(=O)NC1=C2CC=C(OCc3ccccc3OC(F)F)C=C2CC1. The third-order valence-electron chi connectivity index (χ3n) is 4.69. The number of para-hydroxylation sites is 1. The molecule has 0 spiro atoms. The van der Waals surface area contributed by atoms with Crippen LogP contribution in [0.15, 0.2) is 59.0 Å². The summed E-state index contributed by atoms with van der Waals surface area (Å²) < 4.78 is 62.3. The Morgan fingerprint density at radius 3 is 2.64 bits per heavy atom. The molecular weight excluding hydrogens is 388 g/mol. The van der Waals surface area contributed by atoms with E-state index in [2.05, 4.69) is 9.46 Å². The van der Waals surface area contributed by atoms with Crippen LogP contribution in [0.5, 0.6) is 5.75 Å². The lowest BCUT2D eigenvalue weighted by molar-refractivity contribution is -0.0510. The van der Waals surface area contributed by atoms with Gasteiger partial charge in [0, 0.05) is 11.3 Å². The molecule has 0 atom stereocenters. The lowest BCUT2D eigenvalue weighted by Gasteiger charge is -2.17. The molecule has 0 heterocycles. The normalized spacial score (nSPS) is 16.8. The van der Waals surface area contributed by atoms with Crippen molar-refractivity contribution in [2.45, 2.75) is 51.6 Å². The first-order chi connectivity index (χ1) is 13.3. The molecule has 0 saturated carbocycles. The predicted molar refractivity (Wildman–Crippen MR) is 102 cm³/mol. The quantitative estimate of drug-likeness (QED) is 0.689. The number of rotatable bonds is 8. The molecule has 1 aromatic rings. The summed E-state index contributed by atoms with van der Waals surface area (Å²) in [4.78, 5) is 0. The lowest BCUT2D eigenvalue weighted by Crippen LogP contribution is -2.30. The van der Waals surface area contributed by atoms with Gasteiger partial charge in [-0.1, -0.05) is 18.2 Å². The second-order valence-electron chi connectivity index (χ2n) is 6.91. The van der Waals surface area contributed by atoms with E-state index < -0.39 is 21.9 Å². The van der Waals surface area contributed by atoms with Gasteiger partial charge in [-0.3, -0.25) is 4.72 Å². The molecule has 0 aromatic heterocycles. The van der Waals surface area contributed by atoms with E-state index in [1.807, 2.05) is 12.2 Å². The summed E-state index contributed by atoms with van der Waals surface area (Å²) in [6.07, 6.45) is 5.68. The summed E-state index contributed by atoms with van der Waals surface area (Å²) >= 11 is 0. The minimum atomic E-state index is -3.37. The van der Waals surface area contributed by atoms with Gasteiger partial charge in [0.2, 0.25) is 10.0 Å². The Morgan fingerprint density at radius 1 is 1.18 bits per heavy atom. The second kappa shape index (κ2) is 8.34. The number of benzene rings is 1. The summed E-state index contributed by atoms with van der Waals surface area (Å²) in [5.41, 5.74) is 3.29. The van der Waals surface area contributed by atoms with Crippen LogP contribution in [0, 0.1) is 0 Å². The molecule has 0 saturated heterocycles. The van der Waals surface area contributed by atoms with Crippen LogP contribution >= 0.6 is 0 Å². The molecule has 0 radical (unpaired) electrons. The molecule has 1 N–H and O–H groups in total. The average Bonchev–Trinajstić information content (AvgIpc) is 3.02. The van der Waals surface area contributed by atoms with Crippen LogP contribution in [-0.2, 0) is 21.4 Å². The van der Waals surface area contributed by atoms with Gasteiger partial charge in [0.25, 0.3) is 0 Å². The van der Waals surface area contributed by atoms with E-state index >= 15 is 0 Å². The Kier molecular flexibility index (Phi) is 6.07. The van der Waals surface area contributed by atoms with Crippen molar-refractivity contribution in [3.8, 4) is 5.75 Å². The van der Waals surface area contributed by atoms with Crippen molar-refractivity contribution in [3.05, 3.63) is 64.6 Å². The van der Waals surface area contributed by atoms with Crippen molar-refractivity contribution in [3.63, 3.8) is 0 Å². The third-order valence-corrected chi connectivity index (χ3v) is 6.46. The average molecular weight is 411 g/mol. The zero-order chi connectivity index (χ0) is 20.3. The van der Waals surface area contributed by atoms with Crippen LogP contribution in [0.3, 0.4) is 0 Å². The van der Waals surface area contributed by atoms with Crippen molar-refractivity contribution in [1.29, 1.82) is 0 Å². The molecule has 3 rings (SSSR count). The molecular formula is C20H23F2NO4S. The summed E-state index contributed by atoms with van der Waals surface area (Å²) in [6.45, 7) is 0.490. The van der Waals surface area contributed by atoms with Gasteiger partial charge in [0.1, 0.15) is 18.1 Å². The van der Waals surface area contributed by atoms with Crippen LogP contribution in [-0.4, -0.2) is 20.3 Å². The van der Waals surface area contributed by atoms with E-state index in [1.165, 1.54) is 6.07 Å². The van der Waals surface area contributed by atoms with Crippen LogP contribution in [0.1, 0.15) is 38.7 Å². The smallest absolute Gasteiger partial charge is 0.387 e. The van der Waals surface area contributed by atoms with Gasteiger partial charge in [0.05, 0.1) is 5.25 Å². The van der Waals surface area contributed by atoms with Crippen molar-refractivity contribution in [2.75, 3.05) is 0 Å². The van der Waals surface area contributed by atoms with Crippen LogP contribution in [0.4, 0.5) is 8.78 Å². The largest absolute Gasteiger partial charge is 0.489 e. The highest BCUT2D eigenvalue weighted by atomic mass is 32.2. The molecule has 5 nitrogen and oxygen atoms in total. The first-order valence-corrected chi connectivity index (χ1v) is 10.6. The summed E-state index contributed by atoms with van der Waals surface area (Å²) in [5, 5.41) is -0.498. The fourth-order valence-electron chi connectivity index (χ4n) is 3.10. The molecule has 8 heteroatoms. The number of ether oxygens (including phenoxy) is 2. The van der Waals surface area contributed by atoms with Crippen molar-refractivity contribution in [2.24, 2.45) is 0 Å². The van der Waals surface area contributed by atoms with E-state index in [4.69, 9.17) is 4.74 Å². The molecule has 28 heavy (non-hydrogen) atoms. The molecule has 2 aliphatic carbocycles. The Morgan fingerprint density at radius 2 is 1.93 bits per heavy atom. The van der Waals surface area contributed by atoms with E-state index in [1.54, 1.807) is 32.0 Å². The molecule has 0 fully saturated rings. The number of hydrogen-bond acceptors (Lipinski definition) is 4. The number of allylic oxidation sites excluding steroid dienone is 5. The standard InChI is InChI=1S/C20H23F2NO4S/c1-13(2)28(24,25)23-18-10-7-14-11-16(8-9-17(14)18)26-12-15-5-3-4-6-19(15)27-20(21)22/h3-6,8,11,13,20,23H,7,9-10,12H2,1-2H3. The van der Waals surface area contributed by atoms with Crippen molar-refractivity contribution in [1.82, 2.24) is 4.72 Å². The Labute approximate surface area is 163 Å². The van der Waals surface area contributed by atoms with Gasteiger partial charge in [0.15, 0.2) is 0 Å². The number of sulfonamides is 1. The Hall–Kier alpha value is -2.35. The van der Waals surface area contributed by atoms with Gasteiger partial charge >= 0.3 is 6.61 Å². The molecule has 0 aliphatic heterocycles. The summed E-state index contributed by atoms with van der Waals surface area (Å²) in [7, 11) is -3.37. The molecule has 2 aliphatic rings. The summed E-state index contributed by atoms with van der Waals surface area (Å²) in [6, 6.07) is 6.51. The Bertz CT molecular complexity index is 933. The highest BCUT2D eigenvalue weighted by Gasteiger charge is 2.26. The molecule has 0 amide bonds. The van der Waals surface area contributed by atoms with Crippen LogP contribution < -0.4 is 9.46 Å². The van der Waals surface area contributed by atoms with Gasteiger partial charge in [-0.25, -0.2) is 8.42 Å². The molecule has 152 valence electrons. The van der Waals surface area contributed by atoms with Crippen LogP contribution in [0.2, 0.25) is 0 Å². The van der Waals surface area contributed by atoms with Gasteiger partial charge in [-0.05, 0) is 62.5 Å². The number of fused-ring (bicyclic) bond motifs is 1. The van der Waals surface area contributed by atoms with E-state index in [-0.39, 0.29) is 12.4 Å². The van der Waals surface area contributed by atoms with Crippen molar-refractivity contribution >= 4 is 10.0 Å². The number of hydrogen-bond donors (Lipinski definition) is 1. The van der Waals surface area contributed by atoms with Crippen molar-refractivity contribution < 1.29 is 26.7 Å². The maximum Gasteiger partial charge on any atom is 0.387 e. The van der Waals surface area contributed by atoms with Gasteiger partial charge in [-0.2, -0.15) is 8.78 Å². The van der Waals surface area contributed by atoms with E-state index in [0.717, 1.165) is 23.3 Å². The zero-order valence-corrected chi connectivity index (χ0v) is 16.6. The van der Waals surface area contributed by atoms with Crippen LogP contribution in [0.25, 0.3) is 0 Å².